The molecule has 4 nitrogen and oxygen atoms in total. The number of nitrogens with zero attached hydrogens (tertiary/aromatic N) is 1. The summed E-state index contributed by atoms with van der Waals surface area (Å²) < 4.78 is 0. The molecule has 0 spiro atoms. The van der Waals surface area contributed by atoms with Crippen LogP contribution < -0.4 is 10.7 Å². The molecule has 0 saturated heterocycles. The number of hydrazone groups is 1. The molecular formula is C9H13N3O. The van der Waals surface area contributed by atoms with E-state index in [1.807, 2.05) is 0 Å². The number of nitrogens with one attached hydrogen (secondary N) is 2. The van der Waals surface area contributed by atoms with Crippen LogP contribution in [0.5, 0.6) is 0 Å². The van der Waals surface area contributed by atoms with Crippen molar-refractivity contribution in [1.82, 2.24) is 10.7 Å². The number of amides is 2. The van der Waals surface area contributed by atoms with Gasteiger partial charge in [0.05, 0.1) is 0 Å². The van der Waals surface area contributed by atoms with E-state index in [9.17, 15) is 4.79 Å². The molecule has 0 aromatic heterocycles. The third-order valence-electron chi connectivity index (χ3n) is 2.78. The molecule has 0 aliphatic heterocycles. The van der Waals surface area contributed by atoms with Crippen LogP contribution in [-0.4, -0.2) is 18.8 Å². The Kier molecular flexibility index (Phi) is 2.04. The van der Waals surface area contributed by atoms with Gasteiger partial charge in [-0.1, -0.05) is 12.2 Å². The van der Waals surface area contributed by atoms with Crippen LogP contribution in [0.15, 0.2) is 17.3 Å². The summed E-state index contributed by atoms with van der Waals surface area (Å²) >= 11 is 0. The number of hydrogen-bond donors (Lipinski definition) is 2. The van der Waals surface area contributed by atoms with Gasteiger partial charge in [-0.2, -0.15) is 5.10 Å². The highest BCUT2D eigenvalue weighted by atomic mass is 16.2. The first-order valence-corrected chi connectivity index (χ1v) is 4.50. The average molecular weight is 179 g/mol. The molecule has 1 saturated carbocycles. The first-order chi connectivity index (χ1) is 6.29. The van der Waals surface area contributed by atoms with E-state index in [-0.39, 0.29) is 12.1 Å². The molecule has 1 fully saturated rings. The summed E-state index contributed by atoms with van der Waals surface area (Å²) in [5, 5.41) is 6.19. The van der Waals surface area contributed by atoms with Crippen molar-refractivity contribution >= 4 is 12.7 Å². The van der Waals surface area contributed by atoms with Crippen molar-refractivity contribution < 1.29 is 4.79 Å². The van der Waals surface area contributed by atoms with Gasteiger partial charge in [0.2, 0.25) is 0 Å². The molecule has 0 aromatic carbocycles. The average Bonchev–Trinajstić information content (AvgIpc) is 2.65. The fourth-order valence-electron chi connectivity index (χ4n) is 2.22. The molecule has 0 radical (unpaired) electrons. The fourth-order valence-corrected chi connectivity index (χ4v) is 2.22. The summed E-state index contributed by atoms with van der Waals surface area (Å²) in [7, 11) is 0. The lowest BCUT2D eigenvalue weighted by molar-refractivity contribution is 0.235. The van der Waals surface area contributed by atoms with E-state index in [2.05, 4.69) is 34.7 Å². The summed E-state index contributed by atoms with van der Waals surface area (Å²) in [6, 6.07) is 0.0395. The first kappa shape index (κ1) is 8.29. The summed E-state index contributed by atoms with van der Waals surface area (Å²) in [6.45, 7) is 3.19. The van der Waals surface area contributed by atoms with Crippen molar-refractivity contribution in [3.05, 3.63) is 12.2 Å². The topological polar surface area (TPSA) is 53.5 Å². The van der Waals surface area contributed by atoms with Gasteiger partial charge >= 0.3 is 6.03 Å². The van der Waals surface area contributed by atoms with Crippen LogP contribution in [0.3, 0.4) is 0 Å². The van der Waals surface area contributed by atoms with Crippen LogP contribution in [0, 0.1) is 11.8 Å². The highest BCUT2D eigenvalue weighted by Gasteiger charge is 2.36. The fraction of sp³-hybridized carbons (Fsp3) is 0.556. The van der Waals surface area contributed by atoms with Crippen molar-refractivity contribution in [1.29, 1.82) is 0 Å². The molecular weight excluding hydrogens is 166 g/mol. The normalized spacial score (nSPS) is 34.6. The minimum Gasteiger partial charge on any atom is -0.333 e. The second-order valence-corrected chi connectivity index (χ2v) is 3.63. The van der Waals surface area contributed by atoms with Crippen molar-refractivity contribution in [2.45, 2.75) is 18.9 Å². The Morgan fingerprint density at radius 1 is 1.46 bits per heavy atom. The van der Waals surface area contributed by atoms with Crippen molar-refractivity contribution in [2.24, 2.45) is 16.9 Å². The zero-order valence-electron chi connectivity index (χ0n) is 7.36. The summed E-state index contributed by atoms with van der Waals surface area (Å²) in [5.41, 5.74) is 2.27. The van der Waals surface area contributed by atoms with Crippen LogP contribution in [0.2, 0.25) is 0 Å². The zero-order valence-corrected chi connectivity index (χ0v) is 7.36. The van der Waals surface area contributed by atoms with E-state index in [4.69, 9.17) is 0 Å². The zero-order chi connectivity index (χ0) is 9.26. The summed E-state index contributed by atoms with van der Waals surface area (Å²) in [4.78, 5) is 11.1. The van der Waals surface area contributed by atoms with Gasteiger partial charge < -0.3 is 5.32 Å². The molecule has 2 N–H and O–H groups in total. The van der Waals surface area contributed by atoms with Crippen LogP contribution in [-0.2, 0) is 0 Å². The van der Waals surface area contributed by atoms with Crippen LogP contribution in [0.1, 0.15) is 12.8 Å². The minimum absolute atomic E-state index is 0.249. The predicted molar refractivity (Wildman–Crippen MR) is 50.4 cm³/mol. The minimum atomic E-state index is -0.249. The van der Waals surface area contributed by atoms with Gasteiger partial charge in [-0.3, -0.25) is 0 Å². The van der Waals surface area contributed by atoms with E-state index < -0.39 is 0 Å². The number of carbonyl (C=O) groups is 1. The van der Waals surface area contributed by atoms with Crippen LogP contribution >= 0.6 is 0 Å². The maximum atomic E-state index is 11.1. The molecule has 2 aliphatic rings. The van der Waals surface area contributed by atoms with Gasteiger partial charge in [0, 0.05) is 12.8 Å². The molecule has 2 amide bonds. The number of urea groups is 1. The third kappa shape index (κ3) is 1.56. The Hall–Kier alpha value is -1.32. The van der Waals surface area contributed by atoms with Gasteiger partial charge in [-0.15, -0.1) is 0 Å². The lowest BCUT2D eigenvalue weighted by Gasteiger charge is -2.18. The molecule has 0 heterocycles. The second kappa shape index (κ2) is 3.20. The maximum absolute atomic E-state index is 11.1. The Morgan fingerprint density at radius 2 is 2.31 bits per heavy atom. The molecule has 2 rings (SSSR count). The first-order valence-electron chi connectivity index (χ1n) is 4.50. The second-order valence-electron chi connectivity index (χ2n) is 3.63. The smallest absolute Gasteiger partial charge is 0.333 e. The Morgan fingerprint density at radius 3 is 2.85 bits per heavy atom. The predicted octanol–water partition coefficient (Wildman–Crippen LogP) is 0.866. The lowest BCUT2D eigenvalue weighted by Crippen LogP contribution is -2.42. The van der Waals surface area contributed by atoms with Gasteiger partial charge in [-0.25, -0.2) is 10.2 Å². The molecule has 2 aliphatic carbocycles. The van der Waals surface area contributed by atoms with E-state index in [1.54, 1.807) is 0 Å². The number of carbonyl (C=O) groups excluding carboxylic acids is 1. The maximum Gasteiger partial charge on any atom is 0.335 e. The quantitative estimate of drug-likeness (QED) is 0.369. The number of fused-ring (bicyclic) bond motifs is 2. The van der Waals surface area contributed by atoms with E-state index in [0.717, 1.165) is 6.42 Å². The Bertz CT molecular complexity index is 262. The molecule has 70 valence electrons. The molecule has 4 heteroatoms. The summed E-state index contributed by atoms with van der Waals surface area (Å²) in [5.74, 6) is 1.20. The highest BCUT2D eigenvalue weighted by Crippen LogP contribution is 2.38. The van der Waals surface area contributed by atoms with Gasteiger partial charge in [0.1, 0.15) is 0 Å². The lowest BCUT2D eigenvalue weighted by atomic mass is 10.0. The number of hydrogen-bond acceptors (Lipinski definition) is 2. The van der Waals surface area contributed by atoms with Gasteiger partial charge in [0.15, 0.2) is 0 Å². The largest absolute Gasteiger partial charge is 0.335 e. The van der Waals surface area contributed by atoms with Crippen molar-refractivity contribution in [3.8, 4) is 0 Å². The number of allylic oxidation sites excluding steroid dienone is 1. The van der Waals surface area contributed by atoms with Gasteiger partial charge in [-0.05, 0) is 24.7 Å². The van der Waals surface area contributed by atoms with Crippen LogP contribution in [0.4, 0.5) is 4.79 Å². The molecule has 2 bridgehead atoms. The van der Waals surface area contributed by atoms with E-state index in [1.165, 1.54) is 6.42 Å². The number of rotatable bonds is 2. The summed E-state index contributed by atoms with van der Waals surface area (Å²) in [6.07, 6.45) is 6.69. The SMILES string of the molecule is C=NNC(=O)NC1CC2C=CC1C2. The highest BCUT2D eigenvalue weighted by molar-refractivity contribution is 5.74. The third-order valence-corrected chi connectivity index (χ3v) is 2.78. The van der Waals surface area contributed by atoms with Crippen LogP contribution in [0.25, 0.3) is 0 Å². The monoisotopic (exact) mass is 179 g/mol. The Balaban J connectivity index is 1.86. The Labute approximate surface area is 77.1 Å². The van der Waals surface area contributed by atoms with Crippen molar-refractivity contribution in [2.75, 3.05) is 0 Å². The van der Waals surface area contributed by atoms with E-state index in [0.29, 0.717) is 11.8 Å². The molecule has 3 atom stereocenters. The standard InChI is InChI=1S/C9H13N3O/c1-10-12-9(13)11-8-5-6-2-3-7(8)4-6/h2-3,6-8H,1,4-5H2,(H2,11,12,13). The van der Waals surface area contributed by atoms with Gasteiger partial charge in [0.25, 0.3) is 0 Å². The molecule has 3 unspecified atom stereocenters. The molecule has 0 aromatic rings. The van der Waals surface area contributed by atoms with Crippen molar-refractivity contribution in [3.63, 3.8) is 0 Å². The molecule has 13 heavy (non-hydrogen) atoms. The van der Waals surface area contributed by atoms with E-state index >= 15 is 0 Å².